The highest BCUT2D eigenvalue weighted by Crippen LogP contribution is 2.44. The molecule has 0 atom stereocenters. The van der Waals surface area contributed by atoms with Crippen molar-refractivity contribution in [1.29, 1.82) is 0 Å². The maximum atomic E-state index is 12.2. The molecule has 0 unspecified atom stereocenters. The number of nitrogens with two attached hydrogens (primary N) is 1. The molecular weight excluding hydrogens is 294 g/mol. The lowest BCUT2D eigenvalue weighted by molar-refractivity contribution is -0.115. The fourth-order valence-corrected chi connectivity index (χ4v) is 3.27. The summed E-state index contributed by atoms with van der Waals surface area (Å²) in [5.74, 6) is -0.508. The third kappa shape index (κ3) is 2.52. The Labute approximate surface area is 142 Å². The molecule has 0 bridgehead atoms. The first-order valence-electron chi connectivity index (χ1n) is 7.83. The lowest BCUT2D eigenvalue weighted by Gasteiger charge is -2.36. The van der Waals surface area contributed by atoms with Gasteiger partial charge in [0.25, 0.3) is 0 Å². The topological polar surface area (TPSA) is 43.1 Å². The maximum absolute atomic E-state index is 12.2. The SMILES string of the molecule is C=C(C(N)=O)C(c1ccccc1)(c1ccccc1)c1ccccc1. The van der Waals surface area contributed by atoms with Crippen LogP contribution in [-0.2, 0) is 10.2 Å². The van der Waals surface area contributed by atoms with Crippen LogP contribution in [0.2, 0.25) is 0 Å². The highest BCUT2D eigenvalue weighted by molar-refractivity contribution is 5.96. The molecule has 0 saturated heterocycles. The number of primary amides is 1. The van der Waals surface area contributed by atoms with Gasteiger partial charge in [0.15, 0.2) is 0 Å². The second-order valence-electron chi connectivity index (χ2n) is 5.69. The highest BCUT2D eigenvalue weighted by atomic mass is 16.1. The molecule has 24 heavy (non-hydrogen) atoms. The minimum absolute atomic E-state index is 0.353. The Morgan fingerprint density at radius 2 is 0.958 bits per heavy atom. The average Bonchev–Trinajstić information content (AvgIpc) is 2.65. The van der Waals surface area contributed by atoms with E-state index in [0.29, 0.717) is 5.57 Å². The van der Waals surface area contributed by atoms with Gasteiger partial charge in [-0.05, 0) is 16.7 Å². The Morgan fingerprint density at radius 1 is 0.667 bits per heavy atom. The molecule has 1 amide bonds. The van der Waals surface area contributed by atoms with Crippen LogP contribution in [0, 0.1) is 0 Å². The molecule has 0 spiro atoms. The summed E-state index contributed by atoms with van der Waals surface area (Å²) in [5.41, 5.74) is 8.13. The van der Waals surface area contributed by atoms with E-state index in [1.807, 2.05) is 91.0 Å². The van der Waals surface area contributed by atoms with Crippen molar-refractivity contribution >= 4 is 5.91 Å². The molecule has 0 aliphatic heterocycles. The van der Waals surface area contributed by atoms with Crippen LogP contribution in [0.25, 0.3) is 0 Å². The number of rotatable bonds is 5. The largest absolute Gasteiger partial charge is 0.366 e. The highest BCUT2D eigenvalue weighted by Gasteiger charge is 2.41. The first-order chi connectivity index (χ1) is 11.7. The van der Waals surface area contributed by atoms with Crippen molar-refractivity contribution in [2.45, 2.75) is 5.41 Å². The molecular formula is C22H19NO. The van der Waals surface area contributed by atoms with Crippen LogP contribution in [0.15, 0.2) is 103 Å². The van der Waals surface area contributed by atoms with E-state index in [0.717, 1.165) is 16.7 Å². The van der Waals surface area contributed by atoms with Gasteiger partial charge < -0.3 is 5.73 Å². The number of amides is 1. The second-order valence-corrected chi connectivity index (χ2v) is 5.69. The Morgan fingerprint density at radius 3 is 1.21 bits per heavy atom. The van der Waals surface area contributed by atoms with Crippen LogP contribution >= 0.6 is 0 Å². The number of hydrogen-bond donors (Lipinski definition) is 1. The van der Waals surface area contributed by atoms with Gasteiger partial charge in [-0.2, -0.15) is 0 Å². The van der Waals surface area contributed by atoms with Crippen LogP contribution in [0.4, 0.5) is 0 Å². The standard InChI is InChI=1S/C22H19NO/c1-17(21(23)24)22(18-11-5-2-6-12-18,19-13-7-3-8-14-19)20-15-9-4-10-16-20/h2-16H,1H2,(H2,23,24). The summed E-state index contributed by atoms with van der Waals surface area (Å²) in [5, 5.41) is 0. The summed E-state index contributed by atoms with van der Waals surface area (Å²) in [6.45, 7) is 4.08. The molecule has 2 nitrogen and oxygen atoms in total. The van der Waals surface area contributed by atoms with Crippen molar-refractivity contribution in [3.8, 4) is 0 Å². The molecule has 3 aromatic carbocycles. The zero-order chi connectivity index (χ0) is 17.0. The summed E-state index contributed by atoms with van der Waals surface area (Å²) in [6.07, 6.45) is 0. The van der Waals surface area contributed by atoms with E-state index < -0.39 is 11.3 Å². The predicted octanol–water partition coefficient (Wildman–Crippen LogP) is 4.06. The van der Waals surface area contributed by atoms with Gasteiger partial charge in [0.2, 0.25) is 5.91 Å². The van der Waals surface area contributed by atoms with Gasteiger partial charge in [-0.3, -0.25) is 4.79 Å². The van der Waals surface area contributed by atoms with Crippen molar-refractivity contribution < 1.29 is 4.79 Å². The van der Waals surface area contributed by atoms with E-state index in [2.05, 4.69) is 6.58 Å². The first kappa shape index (κ1) is 15.8. The van der Waals surface area contributed by atoms with Gasteiger partial charge in [-0.1, -0.05) is 97.6 Å². The predicted molar refractivity (Wildman–Crippen MR) is 97.5 cm³/mol. The number of hydrogen-bond acceptors (Lipinski definition) is 1. The zero-order valence-electron chi connectivity index (χ0n) is 13.4. The fourth-order valence-electron chi connectivity index (χ4n) is 3.27. The third-order valence-electron chi connectivity index (χ3n) is 4.37. The van der Waals surface area contributed by atoms with Crippen molar-refractivity contribution in [2.24, 2.45) is 5.73 Å². The lowest BCUT2D eigenvalue weighted by atomic mass is 9.65. The van der Waals surface area contributed by atoms with Gasteiger partial charge in [-0.25, -0.2) is 0 Å². The quantitative estimate of drug-likeness (QED) is 0.560. The zero-order valence-corrected chi connectivity index (χ0v) is 13.4. The molecule has 0 aromatic heterocycles. The normalized spacial score (nSPS) is 11.0. The maximum Gasteiger partial charge on any atom is 0.245 e. The van der Waals surface area contributed by atoms with Gasteiger partial charge in [-0.15, -0.1) is 0 Å². The molecule has 0 aliphatic rings. The average molecular weight is 313 g/mol. The van der Waals surface area contributed by atoms with Crippen molar-refractivity contribution in [2.75, 3.05) is 0 Å². The second kappa shape index (κ2) is 6.55. The number of benzene rings is 3. The third-order valence-corrected chi connectivity index (χ3v) is 4.37. The van der Waals surface area contributed by atoms with E-state index in [4.69, 9.17) is 5.73 Å². The summed E-state index contributed by atoms with van der Waals surface area (Å²) >= 11 is 0. The van der Waals surface area contributed by atoms with Gasteiger partial charge in [0.05, 0.1) is 5.41 Å². The van der Waals surface area contributed by atoms with E-state index in [1.54, 1.807) is 0 Å². The lowest BCUT2D eigenvalue weighted by Crippen LogP contribution is -2.37. The summed E-state index contributed by atoms with van der Waals surface area (Å²) < 4.78 is 0. The molecule has 0 radical (unpaired) electrons. The molecule has 0 aliphatic carbocycles. The molecule has 2 heteroatoms. The Bertz CT molecular complexity index is 742. The van der Waals surface area contributed by atoms with E-state index >= 15 is 0 Å². The molecule has 0 heterocycles. The van der Waals surface area contributed by atoms with Gasteiger partial charge in [0.1, 0.15) is 0 Å². The van der Waals surface area contributed by atoms with Crippen molar-refractivity contribution in [1.82, 2.24) is 0 Å². The minimum atomic E-state index is -0.810. The number of carbonyl (C=O) groups is 1. The molecule has 118 valence electrons. The monoisotopic (exact) mass is 313 g/mol. The fraction of sp³-hybridized carbons (Fsp3) is 0.0455. The Kier molecular flexibility index (Phi) is 4.30. The Balaban J connectivity index is 2.42. The number of carbonyl (C=O) groups excluding carboxylic acids is 1. The van der Waals surface area contributed by atoms with Crippen LogP contribution in [-0.4, -0.2) is 5.91 Å². The van der Waals surface area contributed by atoms with E-state index in [9.17, 15) is 4.79 Å². The molecule has 0 fully saturated rings. The molecule has 3 aromatic rings. The van der Waals surface area contributed by atoms with E-state index in [-0.39, 0.29) is 0 Å². The molecule has 3 rings (SSSR count). The smallest absolute Gasteiger partial charge is 0.245 e. The van der Waals surface area contributed by atoms with Gasteiger partial charge >= 0.3 is 0 Å². The first-order valence-corrected chi connectivity index (χ1v) is 7.83. The van der Waals surface area contributed by atoms with Crippen LogP contribution in [0.3, 0.4) is 0 Å². The molecule has 0 saturated carbocycles. The van der Waals surface area contributed by atoms with E-state index in [1.165, 1.54) is 0 Å². The summed E-state index contributed by atoms with van der Waals surface area (Å²) in [6, 6.07) is 29.7. The Hall–Kier alpha value is -3.13. The van der Waals surface area contributed by atoms with Crippen molar-refractivity contribution in [3.63, 3.8) is 0 Å². The summed E-state index contributed by atoms with van der Waals surface area (Å²) in [4.78, 5) is 12.2. The molecule has 2 N–H and O–H groups in total. The van der Waals surface area contributed by atoms with Crippen LogP contribution in [0.1, 0.15) is 16.7 Å². The van der Waals surface area contributed by atoms with Crippen LogP contribution < -0.4 is 5.73 Å². The summed E-state index contributed by atoms with van der Waals surface area (Å²) in [7, 11) is 0. The van der Waals surface area contributed by atoms with Crippen LogP contribution in [0.5, 0.6) is 0 Å². The van der Waals surface area contributed by atoms with Crippen molar-refractivity contribution in [3.05, 3.63) is 120 Å². The van der Waals surface area contributed by atoms with Gasteiger partial charge in [0, 0.05) is 5.57 Å². The minimum Gasteiger partial charge on any atom is -0.366 e.